The summed E-state index contributed by atoms with van der Waals surface area (Å²) in [6, 6.07) is 6.01. The number of imide groups is 1. The maximum Gasteiger partial charge on any atom is 0.405 e. The lowest BCUT2D eigenvalue weighted by Gasteiger charge is -2.24. The van der Waals surface area contributed by atoms with Crippen molar-refractivity contribution in [3.8, 4) is 0 Å². The highest BCUT2D eigenvalue weighted by Crippen LogP contribution is 2.23. The van der Waals surface area contributed by atoms with E-state index in [0.717, 1.165) is 6.42 Å². The van der Waals surface area contributed by atoms with Crippen molar-refractivity contribution in [2.75, 3.05) is 26.2 Å². The quantitative estimate of drug-likeness (QED) is 0.761. The molecule has 2 aliphatic heterocycles. The van der Waals surface area contributed by atoms with E-state index in [-0.39, 0.29) is 18.4 Å². The number of carbonyl (C=O) groups excluding carboxylic acids is 3. The van der Waals surface area contributed by atoms with Crippen molar-refractivity contribution in [1.29, 1.82) is 0 Å². The monoisotopic (exact) mass is 383 g/mol. The van der Waals surface area contributed by atoms with Crippen LogP contribution in [-0.4, -0.2) is 65.9 Å². The van der Waals surface area contributed by atoms with Gasteiger partial charge in [-0.25, -0.2) is 0 Å². The summed E-state index contributed by atoms with van der Waals surface area (Å²) in [6.45, 7) is -0.102. The Morgan fingerprint density at radius 2 is 1.74 bits per heavy atom. The maximum absolute atomic E-state index is 12.3. The zero-order chi connectivity index (χ0) is 19.6. The minimum Gasteiger partial charge on any atom is -0.346 e. The molecule has 1 unspecified atom stereocenters. The van der Waals surface area contributed by atoms with E-state index in [2.05, 4.69) is 0 Å². The molecular formula is C18H20F3N3O3. The van der Waals surface area contributed by atoms with Crippen LogP contribution in [0, 0.1) is 0 Å². The lowest BCUT2D eigenvalue weighted by molar-refractivity contribution is -0.141. The van der Waals surface area contributed by atoms with Crippen molar-refractivity contribution in [2.45, 2.75) is 31.5 Å². The van der Waals surface area contributed by atoms with Crippen LogP contribution in [0.2, 0.25) is 0 Å². The predicted molar refractivity (Wildman–Crippen MR) is 90.1 cm³/mol. The van der Waals surface area contributed by atoms with Gasteiger partial charge in [-0.3, -0.25) is 24.2 Å². The fourth-order valence-corrected chi connectivity index (χ4v) is 3.57. The average molecular weight is 383 g/mol. The fraction of sp³-hybridized carbons (Fsp3) is 0.500. The zero-order valence-corrected chi connectivity index (χ0v) is 14.6. The highest BCUT2D eigenvalue weighted by Gasteiger charge is 2.36. The third-order valence-electron chi connectivity index (χ3n) is 4.83. The summed E-state index contributed by atoms with van der Waals surface area (Å²) >= 11 is 0. The number of likely N-dealkylation sites (tertiary alicyclic amines) is 1. The number of nitrogens with one attached hydrogen (secondary N) is 1. The Labute approximate surface area is 154 Å². The number of hydrogen-bond acceptors (Lipinski definition) is 4. The number of hydrogen-bond donors (Lipinski definition) is 1. The molecule has 3 amide bonds. The van der Waals surface area contributed by atoms with E-state index >= 15 is 0 Å². The van der Waals surface area contributed by atoms with Crippen LogP contribution in [-0.2, 0) is 4.79 Å². The van der Waals surface area contributed by atoms with Gasteiger partial charge >= 0.3 is 6.18 Å². The molecule has 9 heteroatoms. The second-order valence-electron chi connectivity index (χ2n) is 6.69. The van der Waals surface area contributed by atoms with Crippen LogP contribution in [0.25, 0.3) is 0 Å². The first-order valence-electron chi connectivity index (χ1n) is 8.81. The summed E-state index contributed by atoms with van der Waals surface area (Å²) in [4.78, 5) is 39.6. The molecule has 1 aromatic rings. The van der Waals surface area contributed by atoms with Crippen LogP contribution in [0.4, 0.5) is 13.2 Å². The molecule has 0 radical (unpaired) electrons. The zero-order valence-electron chi connectivity index (χ0n) is 14.6. The Hall–Kier alpha value is -2.42. The number of carbonyl (C=O) groups is 3. The molecule has 1 N–H and O–H groups in total. The molecule has 0 aromatic heterocycles. The van der Waals surface area contributed by atoms with Gasteiger partial charge in [-0.15, -0.1) is 0 Å². The van der Waals surface area contributed by atoms with E-state index < -0.39 is 24.7 Å². The van der Waals surface area contributed by atoms with Crippen LogP contribution in [0.5, 0.6) is 0 Å². The number of benzene rings is 1. The predicted octanol–water partition coefficient (Wildman–Crippen LogP) is 1.82. The first kappa shape index (κ1) is 19.3. The topological polar surface area (TPSA) is 69.7 Å². The van der Waals surface area contributed by atoms with Crippen molar-refractivity contribution >= 4 is 17.7 Å². The molecule has 0 bridgehead atoms. The molecule has 1 fully saturated rings. The van der Waals surface area contributed by atoms with Gasteiger partial charge in [0, 0.05) is 13.1 Å². The number of amides is 3. The Kier molecular flexibility index (Phi) is 5.50. The van der Waals surface area contributed by atoms with Gasteiger partial charge in [-0.2, -0.15) is 13.2 Å². The van der Waals surface area contributed by atoms with Gasteiger partial charge in [0.25, 0.3) is 11.8 Å². The fourth-order valence-electron chi connectivity index (χ4n) is 3.57. The van der Waals surface area contributed by atoms with Gasteiger partial charge in [0.1, 0.15) is 6.54 Å². The van der Waals surface area contributed by atoms with Crippen molar-refractivity contribution in [3.05, 3.63) is 35.4 Å². The van der Waals surface area contributed by atoms with Crippen molar-refractivity contribution in [2.24, 2.45) is 0 Å². The average Bonchev–Trinajstić information content (AvgIpc) is 3.18. The molecule has 146 valence electrons. The number of halogens is 3. The minimum atomic E-state index is -4.44. The van der Waals surface area contributed by atoms with Crippen LogP contribution < -0.4 is 5.32 Å². The van der Waals surface area contributed by atoms with Crippen molar-refractivity contribution < 1.29 is 27.6 Å². The summed E-state index contributed by atoms with van der Waals surface area (Å²) in [6.07, 6.45) is -2.77. The number of rotatable bonds is 6. The van der Waals surface area contributed by atoms with Crippen molar-refractivity contribution in [3.63, 3.8) is 0 Å². The Morgan fingerprint density at radius 1 is 1.11 bits per heavy atom. The van der Waals surface area contributed by atoms with Gasteiger partial charge in [0.15, 0.2) is 0 Å². The molecular weight excluding hydrogens is 363 g/mol. The highest BCUT2D eigenvalue weighted by atomic mass is 19.4. The molecule has 27 heavy (non-hydrogen) atoms. The van der Waals surface area contributed by atoms with E-state index in [1.54, 1.807) is 24.3 Å². The summed E-state index contributed by atoms with van der Waals surface area (Å²) in [5.74, 6) is -1.31. The lowest BCUT2D eigenvalue weighted by Crippen LogP contribution is -2.46. The summed E-state index contributed by atoms with van der Waals surface area (Å²) in [5, 5.41) is 1.93. The second kappa shape index (κ2) is 7.67. The van der Waals surface area contributed by atoms with E-state index in [1.165, 1.54) is 4.90 Å². The van der Waals surface area contributed by atoms with Gasteiger partial charge in [0.2, 0.25) is 5.91 Å². The van der Waals surface area contributed by atoms with Crippen LogP contribution in [0.15, 0.2) is 24.3 Å². The van der Waals surface area contributed by atoms with E-state index in [4.69, 9.17) is 0 Å². The SMILES string of the molecule is O=C(NCC(F)(F)F)C1CCCN1CCCN1C(=O)c2ccccc2C1=O. The maximum atomic E-state index is 12.3. The number of fused-ring (bicyclic) bond motifs is 1. The normalized spacial score (nSPS) is 20.3. The lowest BCUT2D eigenvalue weighted by atomic mass is 10.1. The molecule has 0 aliphatic carbocycles. The molecule has 0 spiro atoms. The van der Waals surface area contributed by atoms with Crippen LogP contribution in [0.1, 0.15) is 40.0 Å². The Bertz CT molecular complexity index is 716. The number of nitrogens with zero attached hydrogens (tertiary/aromatic N) is 2. The molecule has 3 rings (SSSR count). The van der Waals surface area contributed by atoms with Crippen LogP contribution in [0.3, 0.4) is 0 Å². The van der Waals surface area contributed by atoms with Gasteiger partial charge < -0.3 is 5.32 Å². The molecule has 2 heterocycles. The minimum absolute atomic E-state index is 0.208. The largest absolute Gasteiger partial charge is 0.405 e. The molecule has 0 saturated carbocycles. The highest BCUT2D eigenvalue weighted by molar-refractivity contribution is 6.21. The van der Waals surface area contributed by atoms with E-state index in [1.807, 2.05) is 10.2 Å². The van der Waals surface area contributed by atoms with E-state index in [9.17, 15) is 27.6 Å². The summed E-state index contributed by atoms with van der Waals surface area (Å²) in [7, 11) is 0. The molecule has 1 aromatic carbocycles. The first-order chi connectivity index (χ1) is 12.8. The van der Waals surface area contributed by atoms with Crippen LogP contribution >= 0.6 is 0 Å². The van der Waals surface area contributed by atoms with E-state index in [0.29, 0.717) is 37.1 Å². The smallest absolute Gasteiger partial charge is 0.346 e. The summed E-state index contributed by atoms with van der Waals surface area (Å²) < 4.78 is 36.8. The standard InChI is InChI=1S/C18H20F3N3O3/c19-18(20,21)11-22-15(25)14-7-3-8-23(14)9-4-10-24-16(26)12-5-1-2-6-13(12)17(24)27/h1-2,5-6,14H,3-4,7-11H2,(H,22,25). The van der Waals surface area contributed by atoms with Crippen molar-refractivity contribution in [1.82, 2.24) is 15.1 Å². The molecule has 1 atom stereocenters. The molecule has 6 nitrogen and oxygen atoms in total. The third kappa shape index (κ3) is 4.29. The Morgan fingerprint density at radius 3 is 2.33 bits per heavy atom. The number of alkyl halides is 3. The first-order valence-corrected chi connectivity index (χ1v) is 8.81. The Balaban J connectivity index is 1.51. The van der Waals surface area contributed by atoms with Gasteiger partial charge in [-0.1, -0.05) is 12.1 Å². The third-order valence-corrected chi connectivity index (χ3v) is 4.83. The molecule has 2 aliphatic rings. The molecule has 1 saturated heterocycles. The second-order valence-corrected chi connectivity index (χ2v) is 6.69. The van der Waals surface area contributed by atoms with Gasteiger partial charge in [-0.05, 0) is 37.9 Å². The summed E-state index contributed by atoms with van der Waals surface area (Å²) in [5.41, 5.74) is 0.765. The van der Waals surface area contributed by atoms with Gasteiger partial charge in [0.05, 0.1) is 17.2 Å².